The lowest BCUT2D eigenvalue weighted by Gasteiger charge is -2.15. The Labute approximate surface area is 175 Å². The summed E-state index contributed by atoms with van der Waals surface area (Å²) in [7, 11) is 3.08. The number of phenols is 1. The fourth-order valence-electron chi connectivity index (χ4n) is 3.51. The molecule has 0 saturated carbocycles. The van der Waals surface area contributed by atoms with Gasteiger partial charge in [-0.1, -0.05) is 19.9 Å². The number of hydrogen-bond donors (Lipinski definition) is 2. The summed E-state index contributed by atoms with van der Waals surface area (Å²) < 4.78 is 10.7. The summed E-state index contributed by atoms with van der Waals surface area (Å²) in [5, 5.41) is 19.9. The number of pyridine rings is 1. The monoisotopic (exact) mass is 404 g/mol. The molecule has 0 aliphatic carbocycles. The summed E-state index contributed by atoms with van der Waals surface area (Å²) >= 11 is 0. The van der Waals surface area contributed by atoms with Crippen LogP contribution in [0, 0.1) is 18.3 Å². The maximum Gasteiger partial charge on any atom is 0.266 e. The van der Waals surface area contributed by atoms with Crippen molar-refractivity contribution in [2.45, 2.75) is 26.7 Å². The number of H-pyrrole nitrogens is 1. The fourth-order valence-corrected chi connectivity index (χ4v) is 3.51. The van der Waals surface area contributed by atoms with Crippen LogP contribution in [0.3, 0.4) is 0 Å². The Morgan fingerprint density at radius 1 is 1.03 bits per heavy atom. The molecule has 30 heavy (non-hydrogen) atoms. The molecule has 154 valence electrons. The quantitative estimate of drug-likeness (QED) is 0.641. The number of aryl methyl sites for hydroxylation is 1. The van der Waals surface area contributed by atoms with Crippen molar-refractivity contribution in [1.82, 2.24) is 4.98 Å². The van der Waals surface area contributed by atoms with Gasteiger partial charge in [0.2, 0.25) is 0 Å². The van der Waals surface area contributed by atoms with Gasteiger partial charge in [-0.3, -0.25) is 4.79 Å². The lowest BCUT2D eigenvalue weighted by atomic mass is 9.93. The number of aromatic amines is 1. The zero-order valence-electron chi connectivity index (χ0n) is 17.7. The molecule has 1 aromatic heterocycles. The minimum atomic E-state index is -0.474. The Balaban J connectivity index is 2.28. The number of phenolic OH excluding ortho intramolecular Hbond substituents is 1. The average Bonchev–Trinajstić information content (AvgIpc) is 2.72. The van der Waals surface area contributed by atoms with Crippen LogP contribution < -0.4 is 15.0 Å². The zero-order chi connectivity index (χ0) is 22.0. The van der Waals surface area contributed by atoms with Gasteiger partial charge >= 0.3 is 0 Å². The Morgan fingerprint density at radius 2 is 1.73 bits per heavy atom. The highest BCUT2D eigenvalue weighted by Gasteiger charge is 2.17. The molecule has 0 atom stereocenters. The zero-order valence-corrected chi connectivity index (χ0v) is 17.7. The predicted octanol–water partition coefficient (Wildman–Crippen LogP) is 4.74. The standard InChI is InChI=1S/C24H24N2O4/c1-13(2)16-10-17(14(3)8-21(16)27)20-11-18(19(12-25)24(28)26-20)15-6-7-22(29-4)23(9-15)30-5/h6-11,13,27H,1-5H3,(H,26,28). The van der Waals surface area contributed by atoms with Gasteiger partial charge in [-0.25, -0.2) is 0 Å². The summed E-state index contributed by atoms with van der Waals surface area (Å²) in [6, 6.07) is 12.6. The predicted molar refractivity (Wildman–Crippen MR) is 116 cm³/mol. The van der Waals surface area contributed by atoms with Gasteiger partial charge in [0.25, 0.3) is 5.56 Å². The van der Waals surface area contributed by atoms with Crippen LogP contribution in [0.4, 0.5) is 0 Å². The minimum absolute atomic E-state index is 0.0199. The number of rotatable bonds is 5. The topological polar surface area (TPSA) is 95.3 Å². The second-order valence-electron chi connectivity index (χ2n) is 7.36. The first-order valence-electron chi connectivity index (χ1n) is 9.54. The molecule has 1 heterocycles. The first-order chi connectivity index (χ1) is 14.3. The smallest absolute Gasteiger partial charge is 0.266 e. The minimum Gasteiger partial charge on any atom is -0.508 e. The second kappa shape index (κ2) is 8.34. The third-order valence-electron chi connectivity index (χ3n) is 5.13. The molecular formula is C24H24N2O4. The second-order valence-corrected chi connectivity index (χ2v) is 7.36. The van der Waals surface area contributed by atoms with Crippen LogP contribution >= 0.6 is 0 Å². The van der Waals surface area contributed by atoms with Gasteiger partial charge in [-0.2, -0.15) is 5.26 Å². The number of aromatic nitrogens is 1. The van der Waals surface area contributed by atoms with E-state index in [1.165, 1.54) is 7.11 Å². The summed E-state index contributed by atoms with van der Waals surface area (Å²) in [5.74, 6) is 1.39. The average molecular weight is 404 g/mol. The van der Waals surface area contributed by atoms with Crippen molar-refractivity contribution in [3.8, 4) is 45.7 Å². The van der Waals surface area contributed by atoms with E-state index >= 15 is 0 Å². The number of ether oxygens (including phenoxy) is 2. The Morgan fingerprint density at radius 3 is 2.33 bits per heavy atom. The lowest BCUT2D eigenvalue weighted by Crippen LogP contribution is -2.13. The maximum absolute atomic E-state index is 12.7. The summed E-state index contributed by atoms with van der Waals surface area (Å²) in [4.78, 5) is 15.5. The van der Waals surface area contributed by atoms with Gasteiger partial charge in [-0.05, 0) is 59.9 Å². The Bertz CT molecular complexity index is 1200. The van der Waals surface area contributed by atoms with Crippen LogP contribution in [-0.2, 0) is 0 Å². The molecule has 0 radical (unpaired) electrons. The molecule has 0 aliphatic heterocycles. The fraction of sp³-hybridized carbons (Fsp3) is 0.250. The van der Waals surface area contributed by atoms with Crippen LogP contribution in [-0.4, -0.2) is 24.3 Å². The molecular weight excluding hydrogens is 380 g/mol. The van der Waals surface area contributed by atoms with Crippen LogP contribution in [0.1, 0.15) is 36.5 Å². The summed E-state index contributed by atoms with van der Waals surface area (Å²) in [6.45, 7) is 5.85. The van der Waals surface area contributed by atoms with Gasteiger partial charge in [0.05, 0.1) is 14.2 Å². The number of nitrogens with zero attached hydrogens (tertiary/aromatic N) is 1. The van der Waals surface area contributed by atoms with Gasteiger partial charge in [-0.15, -0.1) is 0 Å². The molecule has 0 saturated heterocycles. The molecule has 0 fully saturated rings. The van der Waals surface area contributed by atoms with Crippen LogP contribution in [0.25, 0.3) is 22.4 Å². The van der Waals surface area contributed by atoms with Crippen molar-refractivity contribution in [3.63, 3.8) is 0 Å². The van der Waals surface area contributed by atoms with Crippen LogP contribution in [0.2, 0.25) is 0 Å². The SMILES string of the molecule is COc1ccc(-c2cc(-c3cc(C(C)C)c(O)cc3C)[nH]c(=O)c2C#N)cc1OC. The highest BCUT2D eigenvalue weighted by molar-refractivity contribution is 5.78. The first-order valence-corrected chi connectivity index (χ1v) is 9.54. The maximum atomic E-state index is 12.7. The van der Waals surface area contributed by atoms with E-state index in [2.05, 4.69) is 4.98 Å². The normalized spacial score (nSPS) is 10.7. The molecule has 0 aliphatic rings. The van der Waals surface area contributed by atoms with Crippen molar-refractivity contribution in [3.05, 3.63) is 63.4 Å². The van der Waals surface area contributed by atoms with Crippen molar-refractivity contribution < 1.29 is 14.6 Å². The summed E-state index contributed by atoms with van der Waals surface area (Å²) in [5.41, 5.74) is 3.67. The Kier molecular flexibility index (Phi) is 5.84. The third kappa shape index (κ3) is 3.74. The van der Waals surface area contributed by atoms with Gasteiger partial charge in [0, 0.05) is 16.8 Å². The van der Waals surface area contributed by atoms with E-state index in [4.69, 9.17) is 9.47 Å². The number of aromatic hydroxyl groups is 1. The number of methoxy groups -OCH3 is 2. The molecule has 6 heteroatoms. The molecule has 0 unspecified atom stereocenters. The molecule has 0 amide bonds. The first kappa shape index (κ1) is 21.0. The molecule has 2 aromatic carbocycles. The molecule has 0 spiro atoms. The number of hydrogen-bond acceptors (Lipinski definition) is 5. The molecule has 2 N–H and O–H groups in total. The van der Waals surface area contributed by atoms with Crippen LogP contribution in [0.15, 0.2) is 41.2 Å². The van der Waals surface area contributed by atoms with Crippen molar-refractivity contribution >= 4 is 0 Å². The van der Waals surface area contributed by atoms with Crippen molar-refractivity contribution in [2.75, 3.05) is 14.2 Å². The van der Waals surface area contributed by atoms with Crippen molar-refractivity contribution in [1.29, 1.82) is 5.26 Å². The van der Waals surface area contributed by atoms with Gasteiger partial charge < -0.3 is 19.6 Å². The number of nitriles is 1. The van der Waals surface area contributed by atoms with E-state index in [0.717, 1.165) is 16.7 Å². The van der Waals surface area contributed by atoms with Crippen molar-refractivity contribution in [2.24, 2.45) is 0 Å². The largest absolute Gasteiger partial charge is 0.508 e. The summed E-state index contributed by atoms with van der Waals surface area (Å²) in [6.07, 6.45) is 0. The van der Waals surface area contributed by atoms with E-state index < -0.39 is 5.56 Å². The highest BCUT2D eigenvalue weighted by atomic mass is 16.5. The molecule has 3 aromatic rings. The van der Waals surface area contributed by atoms with E-state index in [1.54, 1.807) is 37.4 Å². The number of nitrogens with one attached hydrogen (secondary N) is 1. The highest BCUT2D eigenvalue weighted by Crippen LogP contribution is 2.36. The Hall–Kier alpha value is -3.72. The van der Waals surface area contributed by atoms with Crippen LogP contribution in [0.5, 0.6) is 17.2 Å². The lowest BCUT2D eigenvalue weighted by molar-refractivity contribution is 0.355. The van der Waals surface area contributed by atoms with E-state index in [9.17, 15) is 15.2 Å². The third-order valence-corrected chi connectivity index (χ3v) is 5.13. The van der Waals surface area contributed by atoms with E-state index in [-0.39, 0.29) is 17.2 Å². The molecule has 0 bridgehead atoms. The molecule has 3 rings (SSSR count). The van der Waals surface area contributed by atoms with E-state index in [1.807, 2.05) is 32.9 Å². The van der Waals surface area contributed by atoms with Gasteiger partial charge in [0.15, 0.2) is 11.5 Å². The molecule has 6 nitrogen and oxygen atoms in total. The van der Waals surface area contributed by atoms with Gasteiger partial charge in [0.1, 0.15) is 17.4 Å². The number of benzene rings is 2. The van der Waals surface area contributed by atoms with E-state index in [0.29, 0.717) is 28.3 Å².